The number of carbonyl (C=O) groups excluding carboxylic acids is 1. The highest BCUT2D eigenvalue weighted by molar-refractivity contribution is 6.25. The second-order valence-corrected chi connectivity index (χ2v) is 19.2. The van der Waals surface area contributed by atoms with Crippen molar-refractivity contribution in [3.63, 3.8) is 0 Å². The van der Waals surface area contributed by atoms with E-state index in [9.17, 15) is 5.11 Å². The van der Waals surface area contributed by atoms with Crippen LogP contribution in [0.15, 0.2) is 161 Å². The summed E-state index contributed by atoms with van der Waals surface area (Å²) >= 11 is 0. The minimum Gasteiger partial charge on any atom is -0.507 e. The van der Waals surface area contributed by atoms with Gasteiger partial charge in [0, 0.05) is 66.8 Å². The quantitative estimate of drug-likeness (QED) is 0.127. The first-order chi connectivity index (χ1) is 29.4. The van der Waals surface area contributed by atoms with Crippen molar-refractivity contribution >= 4 is 11.5 Å². The number of carbonyl (C=O) groups is 1. The van der Waals surface area contributed by atoms with Gasteiger partial charge >= 0.3 is 0 Å². The molecule has 306 valence electrons. The maximum absolute atomic E-state index is 15.1. The number of hydrogen-bond acceptors (Lipinski definition) is 6. The van der Waals surface area contributed by atoms with Crippen LogP contribution in [0.4, 0.5) is 0 Å². The van der Waals surface area contributed by atoms with Gasteiger partial charge < -0.3 is 5.11 Å². The summed E-state index contributed by atoms with van der Waals surface area (Å²) < 4.78 is 0. The number of allylic oxidation sites excluding steroid dienone is 4. The second kappa shape index (κ2) is 15.5. The highest BCUT2D eigenvalue weighted by Crippen LogP contribution is 2.53. The van der Waals surface area contributed by atoms with Crippen LogP contribution in [0, 0.1) is 29.6 Å². The number of aliphatic imine (C=N–C) groups is 1. The van der Waals surface area contributed by atoms with Crippen LogP contribution in [0.5, 0.6) is 0 Å². The Morgan fingerprint density at radius 2 is 1.18 bits per heavy atom. The van der Waals surface area contributed by atoms with Crippen molar-refractivity contribution in [1.82, 2.24) is 16.0 Å². The van der Waals surface area contributed by atoms with Crippen LogP contribution >= 0.6 is 0 Å². The molecular weight excluding hydrogens is 737 g/mol. The topological polar surface area (TPSA) is 85.8 Å². The fraction of sp³-hybridized carbons (Fsp3) is 0.407. The molecule has 0 aromatic heterocycles. The number of rotatable bonds is 9. The fourth-order valence-corrected chi connectivity index (χ4v) is 13.2. The Labute approximate surface area is 355 Å². The Hall–Kier alpha value is -4.88. The zero-order chi connectivity index (χ0) is 40.3. The Morgan fingerprint density at radius 1 is 0.617 bits per heavy atom. The highest BCUT2D eigenvalue weighted by Gasteiger charge is 2.57. The van der Waals surface area contributed by atoms with Crippen molar-refractivity contribution in [3.05, 3.63) is 178 Å². The smallest absolute Gasteiger partial charge is 0.197 e. The van der Waals surface area contributed by atoms with E-state index >= 15 is 4.79 Å². The Kier molecular flexibility index (Phi) is 9.86. The molecular formula is C54H58N4O2. The Bertz CT molecular complexity index is 2270. The predicted octanol–water partition coefficient (Wildman–Crippen LogP) is 9.20. The number of benzene rings is 4. The molecule has 2 aliphatic heterocycles. The van der Waals surface area contributed by atoms with Crippen LogP contribution < -0.4 is 16.0 Å². The normalized spacial score (nSPS) is 32.3. The van der Waals surface area contributed by atoms with Gasteiger partial charge in [0.05, 0.1) is 16.9 Å². The molecule has 2 heterocycles. The summed E-state index contributed by atoms with van der Waals surface area (Å²) in [5.41, 5.74) is 7.11. The average molecular weight is 795 g/mol. The second-order valence-electron chi connectivity index (χ2n) is 19.2. The third kappa shape index (κ3) is 6.85. The van der Waals surface area contributed by atoms with Crippen LogP contribution in [-0.4, -0.2) is 46.1 Å². The lowest BCUT2D eigenvalue weighted by atomic mass is 9.57. The van der Waals surface area contributed by atoms with Crippen molar-refractivity contribution in [2.75, 3.05) is 0 Å². The van der Waals surface area contributed by atoms with E-state index in [0.29, 0.717) is 34.9 Å². The van der Waals surface area contributed by atoms with Crippen molar-refractivity contribution in [3.8, 4) is 0 Å². The molecule has 6 heteroatoms. The molecule has 8 atom stereocenters. The summed E-state index contributed by atoms with van der Waals surface area (Å²) in [5, 5.41) is 25.2. The highest BCUT2D eigenvalue weighted by atomic mass is 16.3. The van der Waals surface area contributed by atoms with E-state index in [1.54, 1.807) is 0 Å². The van der Waals surface area contributed by atoms with E-state index < -0.39 is 11.3 Å². The van der Waals surface area contributed by atoms with Crippen molar-refractivity contribution in [2.24, 2.45) is 34.6 Å². The largest absolute Gasteiger partial charge is 0.507 e. The number of Topliss-reactive ketones (excluding diaryl/α,β-unsaturated/α-hetero) is 1. The number of nitrogens with one attached hydrogen (secondary N) is 3. The molecule has 5 aliphatic carbocycles. The third-order valence-electron chi connectivity index (χ3n) is 15.5. The van der Waals surface area contributed by atoms with Gasteiger partial charge in [-0.05, 0) is 72.1 Å². The molecule has 60 heavy (non-hydrogen) atoms. The maximum Gasteiger partial charge on any atom is 0.197 e. The van der Waals surface area contributed by atoms with Gasteiger partial charge in [0.2, 0.25) is 0 Å². The number of nitrogens with zero attached hydrogens (tertiary/aromatic N) is 1. The first-order valence-electron chi connectivity index (χ1n) is 22.9. The number of aliphatic hydroxyl groups excluding tert-OH is 1. The molecule has 8 unspecified atom stereocenters. The summed E-state index contributed by atoms with van der Waals surface area (Å²) in [6.45, 7) is 0. The van der Waals surface area contributed by atoms with Gasteiger partial charge in [-0.3, -0.25) is 25.7 Å². The minimum atomic E-state index is -0.582. The van der Waals surface area contributed by atoms with Gasteiger partial charge in [-0.15, -0.1) is 0 Å². The molecule has 3 saturated carbocycles. The van der Waals surface area contributed by atoms with E-state index in [2.05, 4.69) is 149 Å². The first kappa shape index (κ1) is 38.1. The van der Waals surface area contributed by atoms with E-state index in [1.807, 2.05) is 0 Å². The summed E-state index contributed by atoms with van der Waals surface area (Å²) in [6, 6.07) is 43.8. The fourth-order valence-electron chi connectivity index (χ4n) is 13.2. The van der Waals surface area contributed by atoms with Crippen LogP contribution in [0.2, 0.25) is 0 Å². The number of ketones is 1. The summed E-state index contributed by atoms with van der Waals surface area (Å²) in [7, 11) is 0. The van der Waals surface area contributed by atoms with Crippen LogP contribution in [0.25, 0.3) is 0 Å². The van der Waals surface area contributed by atoms with E-state index in [1.165, 1.54) is 35.1 Å². The Morgan fingerprint density at radius 3 is 1.78 bits per heavy atom. The van der Waals surface area contributed by atoms with Gasteiger partial charge in [0.15, 0.2) is 5.78 Å². The van der Waals surface area contributed by atoms with Gasteiger partial charge in [-0.2, -0.15) is 0 Å². The van der Waals surface area contributed by atoms with E-state index in [-0.39, 0.29) is 35.5 Å². The number of aliphatic hydroxyl groups is 1. The Balaban J connectivity index is 0.996. The molecule has 11 rings (SSSR count). The predicted molar refractivity (Wildman–Crippen MR) is 239 cm³/mol. The number of hydrogen-bond donors (Lipinski definition) is 4. The van der Waals surface area contributed by atoms with Gasteiger partial charge in [-0.1, -0.05) is 153 Å². The van der Waals surface area contributed by atoms with Crippen molar-refractivity contribution in [1.29, 1.82) is 0 Å². The van der Waals surface area contributed by atoms with Crippen LogP contribution in [-0.2, 0) is 30.5 Å². The van der Waals surface area contributed by atoms with Crippen molar-refractivity contribution in [2.45, 2.75) is 107 Å². The molecule has 0 spiro atoms. The van der Waals surface area contributed by atoms with Gasteiger partial charge in [0.1, 0.15) is 11.4 Å². The molecule has 7 aliphatic rings. The third-order valence-corrected chi connectivity index (χ3v) is 15.5. The lowest BCUT2D eigenvalue weighted by Gasteiger charge is -2.59. The zero-order valence-corrected chi connectivity index (χ0v) is 34.6. The molecule has 0 amide bonds. The first-order valence-corrected chi connectivity index (χ1v) is 22.9. The standard InChI is InChI=1S/C54H58N4O2/c59-51-47(41-29-27-39-23-13-25-43-45(39)49(41)57-53(55-43,31-35-15-5-1-6-16-35)32-36-17-7-2-8-18-36)52(60)48(51)42-30-28-40-24-14-26-44-46(40)50(42)58-54(56-44,33-37-19-9-3-10-20-37)34-38-21-11-4-12-22-38/h1-12,15-22,27,29,39-40,42-46,50,55-56,58-59H,13-14,23-26,28,30-34H2/b47-41+. The molecule has 4 aromatic rings. The molecule has 1 saturated heterocycles. The minimum absolute atomic E-state index is 0.0313. The summed E-state index contributed by atoms with van der Waals surface area (Å²) in [6.07, 6.45) is 16.6. The van der Waals surface area contributed by atoms with Gasteiger partial charge in [-0.25, -0.2) is 0 Å². The lowest BCUT2D eigenvalue weighted by molar-refractivity contribution is -0.115. The molecule has 4 N–H and O–H groups in total. The average Bonchev–Trinajstić information content (AvgIpc) is 3.27. The lowest BCUT2D eigenvalue weighted by Crippen LogP contribution is -2.76. The van der Waals surface area contributed by atoms with Crippen LogP contribution in [0.1, 0.15) is 73.6 Å². The van der Waals surface area contributed by atoms with Gasteiger partial charge in [0.25, 0.3) is 0 Å². The molecule has 0 radical (unpaired) electrons. The van der Waals surface area contributed by atoms with E-state index in [0.717, 1.165) is 75.5 Å². The summed E-state index contributed by atoms with van der Waals surface area (Å²) in [5.74, 6) is 1.76. The molecule has 4 aromatic carbocycles. The van der Waals surface area contributed by atoms with Crippen molar-refractivity contribution < 1.29 is 9.90 Å². The SMILES string of the molecule is O=C1C(C2CCC3CCCC4NC(Cc5ccccc5)(Cc5ccccc5)NC2C34)=C(O)/C1=C1/C=CC2CCCC3NC(Cc4ccccc4)(Cc4ccccc4)N=C1C23. The maximum atomic E-state index is 15.1. The molecule has 6 nitrogen and oxygen atoms in total. The van der Waals surface area contributed by atoms with Crippen LogP contribution in [0.3, 0.4) is 0 Å². The van der Waals surface area contributed by atoms with E-state index in [4.69, 9.17) is 4.99 Å². The monoisotopic (exact) mass is 794 g/mol. The molecule has 0 bridgehead atoms. The summed E-state index contributed by atoms with van der Waals surface area (Å²) in [4.78, 5) is 20.9. The zero-order valence-electron chi connectivity index (χ0n) is 34.6. The molecule has 4 fully saturated rings.